The Labute approximate surface area is 95.9 Å². The number of hydrogen-bond acceptors (Lipinski definition) is 2. The van der Waals surface area contributed by atoms with Crippen LogP contribution in [0.1, 0.15) is 5.56 Å². The number of rotatable bonds is 3. The van der Waals surface area contributed by atoms with Gasteiger partial charge in [-0.3, -0.25) is 4.79 Å². The van der Waals surface area contributed by atoms with E-state index in [4.69, 9.17) is 11.6 Å². The molecule has 2 aromatic rings. The van der Waals surface area contributed by atoms with Crippen LogP contribution in [0.5, 0.6) is 0 Å². The summed E-state index contributed by atoms with van der Waals surface area (Å²) in [6.07, 6.45) is 3.08. The van der Waals surface area contributed by atoms with Gasteiger partial charge in [-0.1, -0.05) is 12.1 Å². The van der Waals surface area contributed by atoms with E-state index in [9.17, 15) is 9.59 Å². The van der Waals surface area contributed by atoms with E-state index in [0.29, 0.717) is 5.52 Å². The van der Waals surface area contributed by atoms with Gasteiger partial charge in [0.25, 0.3) is 0 Å². The Morgan fingerprint density at radius 3 is 2.81 bits per heavy atom. The summed E-state index contributed by atoms with van der Waals surface area (Å²) in [4.78, 5) is 27.3. The second-order valence-corrected chi connectivity index (χ2v) is 3.58. The average Bonchev–Trinajstić information content (AvgIpc) is 2.65. The fraction of sp³-hybridized carbons (Fsp3) is 0.0909. The first-order valence-corrected chi connectivity index (χ1v) is 5.21. The lowest BCUT2D eigenvalue weighted by Crippen LogP contribution is -1.99. The first-order valence-electron chi connectivity index (χ1n) is 4.68. The van der Waals surface area contributed by atoms with Crippen LogP contribution in [-0.2, 0) is 4.79 Å². The van der Waals surface area contributed by atoms with Gasteiger partial charge in [0.05, 0.1) is 16.9 Å². The predicted octanol–water partition coefficient (Wildman–Crippen LogP) is 1.68. The van der Waals surface area contributed by atoms with E-state index >= 15 is 0 Å². The predicted molar refractivity (Wildman–Crippen MR) is 63.7 cm³/mol. The van der Waals surface area contributed by atoms with Crippen LogP contribution in [0.25, 0.3) is 17.1 Å². The molecule has 0 atom stereocenters. The molecule has 82 valence electrons. The summed E-state index contributed by atoms with van der Waals surface area (Å²) in [6.45, 7) is 0. The second-order valence-electron chi connectivity index (χ2n) is 3.32. The molecule has 0 bridgehead atoms. The molecule has 1 heterocycles. The van der Waals surface area contributed by atoms with E-state index in [-0.39, 0.29) is 17.4 Å². The van der Waals surface area contributed by atoms with Crippen LogP contribution in [0.2, 0.25) is 0 Å². The van der Waals surface area contributed by atoms with Crippen molar-refractivity contribution in [3.8, 4) is 0 Å². The summed E-state index contributed by atoms with van der Waals surface area (Å²) >= 11 is 5.36. The molecular formula is C11H9ClN2O2. The third-order valence-electron chi connectivity index (χ3n) is 2.13. The minimum absolute atomic E-state index is 0.0280. The lowest BCUT2D eigenvalue weighted by atomic mass is 10.2. The quantitative estimate of drug-likeness (QED) is 0.629. The molecule has 0 spiro atoms. The number of halogens is 1. The summed E-state index contributed by atoms with van der Waals surface area (Å²) in [7, 11) is 0. The van der Waals surface area contributed by atoms with Crippen molar-refractivity contribution in [2.45, 2.75) is 0 Å². The summed E-state index contributed by atoms with van der Waals surface area (Å²) in [5, 5.41) is 0. The molecular weight excluding hydrogens is 228 g/mol. The molecule has 0 unspecified atom stereocenters. The number of aromatic amines is 2. The van der Waals surface area contributed by atoms with Gasteiger partial charge in [0.15, 0.2) is 5.78 Å². The lowest BCUT2D eigenvalue weighted by molar-refractivity contribution is -0.112. The first-order chi connectivity index (χ1) is 7.69. The number of carbonyl (C=O) groups excluding carboxylic acids is 1. The zero-order valence-electron chi connectivity index (χ0n) is 8.29. The molecule has 0 fully saturated rings. The zero-order chi connectivity index (χ0) is 11.5. The number of hydrogen-bond donors (Lipinski definition) is 2. The van der Waals surface area contributed by atoms with Gasteiger partial charge in [-0.05, 0) is 23.8 Å². The largest absolute Gasteiger partial charge is 0.323 e. The van der Waals surface area contributed by atoms with Gasteiger partial charge in [-0.2, -0.15) is 0 Å². The van der Waals surface area contributed by atoms with Crippen molar-refractivity contribution >= 4 is 34.5 Å². The minimum Gasteiger partial charge on any atom is -0.306 e. The van der Waals surface area contributed by atoms with Crippen LogP contribution < -0.4 is 5.69 Å². The Hall–Kier alpha value is -1.81. The minimum atomic E-state index is -0.243. The molecule has 0 aliphatic rings. The molecule has 0 aliphatic heterocycles. The van der Waals surface area contributed by atoms with Crippen molar-refractivity contribution in [3.63, 3.8) is 0 Å². The zero-order valence-corrected chi connectivity index (χ0v) is 9.04. The maximum absolute atomic E-state index is 11.0. The lowest BCUT2D eigenvalue weighted by Gasteiger charge is -1.93. The van der Waals surface area contributed by atoms with Crippen molar-refractivity contribution < 1.29 is 4.79 Å². The second kappa shape index (κ2) is 4.37. The van der Waals surface area contributed by atoms with Crippen LogP contribution in [0, 0.1) is 0 Å². The van der Waals surface area contributed by atoms with Crippen LogP contribution in [-0.4, -0.2) is 21.6 Å². The van der Waals surface area contributed by atoms with Gasteiger partial charge < -0.3 is 9.97 Å². The smallest absolute Gasteiger partial charge is 0.306 e. The standard InChI is InChI=1S/C11H9ClN2O2/c12-6-8(15)3-1-7-2-4-9-10(5-7)14-11(16)13-9/h1-5H,6H2,(H2,13,14,16). The number of imidazole rings is 1. The molecule has 0 saturated carbocycles. The number of allylic oxidation sites excluding steroid dienone is 1. The van der Waals surface area contributed by atoms with E-state index in [2.05, 4.69) is 9.97 Å². The normalized spacial score (nSPS) is 11.3. The van der Waals surface area contributed by atoms with Crippen LogP contribution in [0.15, 0.2) is 29.1 Å². The van der Waals surface area contributed by atoms with Crippen LogP contribution in [0.4, 0.5) is 0 Å². The summed E-state index contributed by atoms with van der Waals surface area (Å²) in [6, 6.07) is 5.37. The number of benzene rings is 1. The van der Waals surface area contributed by atoms with Crippen LogP contribution >= 0.6 is 11.6 Å². The Morgan fingerprint density at radius 2 is 2.06 bits per heavy atom. The third kappa shape index (κ3) is 2.23. The molecule has 1 aromatic heterocycles. The molecule has 0 radical (unpaired) electrons. The summed E-state index contributed by atoms with van der Waals surface area (Å²) in [5.74, 6) is -0.177. The molecule has 5 heteroatoms. The Kier molecular flexibility index (Phi) is 2.92. The topological polar surface area (TPSA) is 65.7 Å². The number of ketones is 1. The van der Waals surface area contributed by atoms with Crippen molar-refractivity contribution in [2.24, 2.45) is 0 Å². The molecule has 16 heavy (non-hydrogen) atoms. The first kappa shape index (κ1) is 10.7. The van der Waals surface area contributed by atoms with Gasteiger partial charge in [0, 0.05) is 0 Å². The highest BCUT2D eigenvalue weighted by molar-refractivity contribution is 6.29. The molecule has 4 nitrogen and oxygen atoms in total. The Morgan fingerprint density at radius 1 is 1.31 bits per heavy atom. The van der Waals surface area contributed by atoms with E-state index in [0.717, 1.165) is 11.1 Å². The van der Waals surface area contributed by atoms with E-state index in [1.807, 2.05) is 6.07 Å². The van der Waals surface area contributed by atoms with Gasteiger partial charge >= 0.3 is 5.69 Å². The highest BCUT2D eigenvalue weighted by Crippen LogP contribution is 2.11. The number of alkyl halides is 1. The number of H-pyrrole nitrogens is 2. The van der Waals surface area contributed by atoms with Gasteiger partial charge in [0.2, 0.25) is 0 Å². The van der Waals surface area contributed by atoms with Crippen molar-refractivity contribution in [1.29, 1.82) is 0 Å². The van der Waals surface area contributed by atoms with E-state index < -0.39 is 0 Å². The molecule has 1 aromatic carbocycles. The maximum atomic E-state index is 11.0. The number of nitrogens with one attached hydrogen (secondary N) is 2. The average molecular weight is 237 g/mol. The van der Waals surface area contributed by atoms with Crippen molar-refractivity contribution in [3.05, 3.63) is 40.3 Å². The number of aromatic nitrogens is 2. The fourth-order valence-electron chi connectivity index (χ4n) is 1.39. The molecule has 2 rings (SSSR count). The Bertz CT molecular complexity index is 610. The van der Waals surface area contributed by atoms with Gasteiger partial charge in [-0.25, -0.2) is 4.79 Å². The Balaban J connectivity index is 2.35. The maximum Gasteiger partial charge on any atom is 0.323 e. The molecule has 2 N–H and O–H groups in total. The number of fused-ring (bicyclic) bond motifs is 1. The summed E-state index contributed by atoms with van der Waals surface area (Å²) < 4.78 is 0. The summed E-state index contributed by atoms with van der Waals surface area (Å²) in [5.41, 5.74) is 2.05. The van der Waals surface area contributed by atoms with Gasteiger partial charge in [0.1, 0.15) is 0 Å². The van der Waals surface area contributed by atoms with Crippen LogP contribution in [0.3, 0.4) is 0 Å². The highest BCUT2D eigenvalue weighted by Gasteiger charge is 1.98. The van der Waals surface area contributed by atoms with E-state index in [1.165, 1.54) is 6.08 Å². The third-order valence-corrected chi connectivity index (χ3v) is 2.40. The highest BCUT2D eigenvalue weighted by atomic mass is 35.5. The number of carbonyl (C=O) groups is 1. The fourth-order valence-corrected chi connectivity index (χ4v) is 1.48. The molecule has 0 aliphatic carbocycles. The monoisotopic (exact) mass is 236 g/mol. The molecule has 0 amide bonds. The van der Waals surface area contributed by atoms with Crippen molar-refractivity contribution in [1.82, 2.24) is 9.97 Å². The van der Waals surface area contributed by atoms with Crippen molar-refractivity contribution in [2.75, 3.05) is 5.88 Å². The molecule has 0 saturated heterocycles. The van der Waals surface area contributed by atoms with E-state index in [1.54, 1.807) is 18.2 Å². The SMILES string of the molecule is O=C(C=Cc1ccc2[nH]c(=O)[nH]c2c1)CCl. The van der Waals surface area contributed by atoms with Gasteiger partial charge in [-0.15, -0.1) is 11.6 Å².